The molecule has 1 heterocycles. The van der Waals surface area contributed by atoms with Gasteiger partial charge in [-0.1, -0.05) is 48.0 Å². The lowest BCUT2D eigenvalue weighted by Crippen LogP contribution is -2.34. The summed E-state index contributed by atoms with van der Waals surface area (Å²) in [5, 5.41) is 6.66. The van der Waals surface area contributed by atoms with Crippen LogP contribution in [0, 0.1) is 17.6 Å². The van der Waals surface area contributed by atoms with Crippen molar-refractivity contribution in [2.75, 3.05) is 6.61 Å². The zero-order valence-corrected chi connectivity index (χ0v) is 19.6. The molecule has 35 heavy (non-hydrogen) atoms. The first-order valence-corrected chi connectivity index (χ1v) is 11.9. The Morgan fingerprint density at radius 2 is 1.71 bits per heavy atom. The van der Waals surface area contributed by atoms with Crippen molar-refractivity contribution in [1.82, 2.24) is 5.01 Å². The maximum absolute atomic E-state index is 13.7. The highest BCUT2D eigenvalue weighted by molar-refractivity contribution is 6.32. The minimum Gasteiger partial charge on any atom is -0.482 e. The molecule has 0 N–H and O–H groups in total. The first kappa shape index (κ1) is 23.2. The number of halogens is 3. The predicted octanol–water partition coefficient (Wildman–Crippen LogP) is 6.82. The molecule has 5 rings (SSSR count). The number of hydrogen-bond acceptors (Lipinski definition) is 3. The van der Waals surface area contributed by atoms with Crippen molar-refractivity contribution in [3.8, 4) is 5.75 Å². The summed E-state index contributed by atoms with van der Waals surface area (Å²) in [7, 11) is 0. The van der Waals surface area contributed by atoms with Crippen LogP contribution in [-0.2, 0) is 4.79 Å². The lowest BCUT2D eigenvalue weighted by Gasteiger charge is -2.29. The van der Waals surface area contributed by atoms with Crippen LogP contribution in [0.5, 0.6) is 5.75 Å². The van der Waals surface area contributed by atoms with Crippen LogP contribution < -0.4 is 4.74 Å². The van der Waals surface area contributed by atoms with Crippen molar-refractivity contribution in [2.24, 2.45) is 11.0 Å². The van der Waals surface area contributed by atoms with Crippen LogP contribution in [0.2, 0.25) is 5.02 Å². The summed E-state index contributed by atoms with van der Waals surface area (Å²) in [6, 6.07) is 19.1. The number of hydrogen-bond donors (Lipinski definition) is 0. The van der Waals surface area contributed by atoms with Crippen molar-refractivity contribution in [2.45, 2.75) is 25.3 Å². The van der Waals surface area contributed by atoms with Gasteiger partial charge >= 0.3 is 0 Å². The Bertz CT molecular complexity index is 1290. The van der Waals surface area contributed by atoms with E-state index in [0.717, 1.165) is 41.7 Å². The van der Waals surface area contributed by atoms with E-state index in [1.165, 1.54) is 29.3 Å². The van der Waals surface area contributed by atoms with Gasteiger partial charge in [0.05, 0.1) is 16.8 Å². The molecule has 1 amide bonds. The van der Waals surface area contributed by atoms with E-state index in [-0.39, 0.29) is 36.1 Å². The number of carbonyl (C=O) groups is 1. The van der Waals surface area contributed by atoms with E-state index in [9.17, 15) is 13.6 Å². The lowest BCUT2D eigenvalue weighted by molar-refractivity contribution is -0.135. The summed E-state index contributed by atoms with van der Waals surface area (Å²) in [6.07, 6.45) is 4.57. The van der Waals surface area contributed by atoms with E-state index in [1.807, 2.05) is 6.08 Å². The summed E-state index contributed by atoms with van der Waals surface area (Å²) in [4.78, 5) is 13.3. The van der Waals surface area contributed by atoms with Crippen molar-refractivity contribution in [1.29, 1.82) is 0 Å². The molecule has 178 valence electrons. The standard InChI is InChI=1S/C28H23ClF2N2O2/c29-24-6-1-2-7-25(24)35-17-26(34)33-28(19-10-14-22(31)15-11-19)23-5-3-4-20(27(23)32-33)16-18-8-12-21(30)13-9-18/h1-2,6-16,23,28H,3-5,17H2/b20-16-/t23-,28+/m0/s1. The fourth-order valence-corrected chi connectivity index (χ4v) is 4.92. The molecule has 2 atom stereocenters. The second kappa shape index (κ2) is 10.0. The maximum atomic E-state index is 13.7. The maximum Gasteiger partial charge on any atom is 0.281 e. The van der Waals surface area contributed by atoms with Gasteiger partial charge in [-0.15, -0.1) is 0 Å². The molecule has 1 saturated carbocycles. The van der Waals surface area contributed by atoms with E-state index in [0.29, 0.717) is 10.8 Å². The van der Waals surface area contributed by atoms with E-state index in [1.54, 1.807) is 48.5 Å². The van der Waals surface area contributed by atoms with Crippen molar-refractivity contribution in [3.63, 3.8) is 0 Å². The summed E-state index contributed by atoms with van der Waals surface area (Å²) in [6.45, 7) is -0.234. The number of nitrogens with zero attached hydrogens (tertiary/aromatic N) is 2. The first-order chi connectivity index (χ1) is 17.0. The molecule has 0 unspecified atom stereocenters. The molecule has 1 aliphatic heterocycles. The smallest absolute Gasteiger partial charge is 0.281 e. The second-order valence-corrected chi connectivity index (χ2v) is 9.07. The monoisotopic (exact) mass is 492 g/mol. The number of carbonyl (C=O) groups excluding carboxylic acids is 1. The van der Waals surface area contributed by atoms with Gasteiger partial charge in [-0.2, -0.15) is 5.10 Å². The number of hydrazone groups is 1. The van der Waals surface area contributed by atoms with Gasteiger partial charge < -0.3 is 4.74 Å². The Kier molecular flexibility index (Phi) is 6.64. The molecule has 1 aliphatic carbocycles. The van der Waals surface area contributed by atoms with Gasteiger partial charge in [0, 0.05) is 5.92 Å². The highest BCUT2D eigenvalue weighted by Crippen LogP contribution is 2.44. The average molecular weight is 493 g/mol. The largest absolute Gasteiger partial charge is 0.482 e. The molecule has 0 aromatic heterocycles. The summed E-state index contributed by atoms with van der Waals surface area (Å²) >= 11 is 6.17. The van der Waals surface area contributed by atoms with Gasteiger partial charge in [-0.05, 0) is 78.4 Å². The number of fused-ring (bicyclic) bond motifs is 1. The highest BCUT2D eigenvalue weighted by Gasteiger charge is 2.43. The number of ether oxygens (including phenoxy) is 1. The molecule has 0 spiro atoms. The first-order valence-electron chi connectivity index (χ1n) is 11.5. The third-order valence-electron chi connectivity index (χ3n) is 6.37. The zero-order chi connectivity index (χ0) is 24.4. The fourth-order valence-electron chi connectivity index (χ4n) is 4.73. The Balaban J connectivity index is 1.47. The van der Waals surface area contributed by atoms with Crippen molar-refractivity contribution in [3.05, 3.63) is 106 Å². The molecule has 0 bridgehead atoms. The second-order valence-electron chi connectivity index (χ2n) is 8.66. The molecule has 4 nitrogen and oxygen atoms in total. The lowest BCUT2D eigenvalue weighted by atomic mass is 9.77. The summed E-state index contributed by atoms with van der Waals surface area (Å²) in [5.74, 6) is -0.568. The van der Waals surface area contributed by atoms with Crippen LogP contribution in [-0.4, -0.2) is 23.2 Å². The third-order valence-corrected chi connectivity index (χ3v) is 6.68. The van der Waals surface area contributed by atoms with E-state index in [4.69, 9.17) is 21.4 Å². The minimum absolute atomic E-state index is 0.0369. The SMILES string of the molecule is O=C(COc1ccccc1Cl)N1N=C2/C(=C\c3ccc(F)cc3)CCC[C@@H]2[C@H]1c1ccc(F)cc1. The molecule has 3 aromatic carbocycles. The third kappa shape index (κ3) is 4.98. The van der Waals surface area contributed by atoms with Crippen LogP contribution in [0.15, 0.2) is 83.5 Å². The fraction of sp³-hybridized carbons (Fsp3) is 0.214. The van der Waals surface area contributed by atoms with Gasteiger partial charge in [-0.3, -0.25) is 4.79 Å². The predicted molar refractivity (Wildman–Crippen MR) is 132 cm³/mol. The van der Waals surface area contributed by atoms with Gasteiger partial charge in [0.2, 0.25) is 0 Å². The molecule has 3 aromatic rings. The van der Waals surface area contributed by atoms with E-state index >= 15 is 0 Å². The summed E-state index contributed by atoms with van der Waals surface area (Å²) < 4.78 is 32.7. The minimum atomic E-state index is -0.370. The van der Waals surface area contributed by atoms with Crippen molar-refractivity contribution >= 4 is 29.3 Å². The van der Waals surface area contributed by atoms with Crippen LogP contribution in [0.4, 0.5) is 8.78 Å². The highest BCUT2D eigenvalue weighted by atomic mass is 35.5. The number of para-hydroxylation sites is 1. The Morgan fingerprint density at radius 3 is 2.43 bits per heavy atom. The van der Waals surface area contributed by atoms with Gasteiger partial charge in [0.15, 0.2) is 6.61 Å². The van der Waals surface area contributed by atoms with Crippen LogP contribution in [0.1, 0.15) is 36.4 Å². The normalized spacial score (nSPS) is 20.5. The molecular formula is C28H23ClF2N2O2. The van der Waals surface area contributed by atoms with Gasteiger partial charge in [0.1, 0.15) is 17.4 Å². The summed E-state index contributed by atoms with van der Waals surface area (Å²) in [5.41, 5.74) is 3.53. The Hall–Kier alpha value is -3.51. The molecule has 1 fully saturated rings. The number of rotatable bonds is 5. The Labute approximate surface area is 207 Å². The van der Waals surface area contributed by atoms with Crippen LogP contribution >= 0.6 is 11.6 Å². The Morgan fingerprint density at radius 1 is 1.03 bits per heavy atom. The molecule has 0 saturated heterocycles. The molecular weight excluding hydrogens is 470 g/mol. The average Bonchev–Trinajstić information content (AvgIpc) is 3.26. The number of amides is 1. The van der Waals surface area contributed by atoms with E-state index in [2.05, 4.69) is 0 Å². The molecule has 7 heteroatoms. The topological polar surface area (TPSA) is 41.9 Å². The molecule has 0 radical (unpaired) electrons. The van der Waals surface area contributed by atoms with Crippen LogP contribution in [0.25, 0.3) is 6.08 Å². The van der Waals surface area contributed by atoms with Gasteiger partial charge in [-0.25, -0.2) is 13.8 Å². The molecule has 2 aliphatic rings. The number of allylic oxidation sites excluding steroid dienone is 1. The number of benzene rings is 3. The van der Waals surface area contributed by atoms with Crippen LogP contribution in [0.3, 0.4) is 0 Å². The van der Waals surface area contributed by atoms with E-state index < -0.39 is 0 Å². The zero-order valence-electron chi connectivity index (χ0n) is 18.8. The van der Waals surface area contributed by atoms with Gasteiger partial charge in [0.25, 0.3) is 5.91 Å². The quantitative estimate of drug-likeness (QED) is 0.392. The van der Waals surface area contributed by atoms with Crippen molar-refractivity contribution < 1.29 is 18.3 Å².